The summed E-state index contributed by atoms with van der Waals surface area (Å²) < 4.78 is 24.7. The van der Waals surface area contributed by atoms with Crippen molar-refractivity contribution in [2.45, 2.75) is 39.2 Å². The predicted octanol–water partition coefficient (Wildman–Crippen LogP) is 1.73. The number of amides is 1. The van der Waals surface area contributed by atoms with E-state index in [1.165, 1.54) is 16.1 Å². The summed E-state index contributed by atoms with van der Waals surface area (Å²) in [5, 5.41) is 3.13. The molecular formula is C20H33N3O3S. The summed E-state index contributed by atoms with van der Waals surface area (Å²) in [5.74, 6) is -0.0505. The molecule has 1 aliphatic heterocycles. The minimum atomic E-state index is -3.16. The Bertz CT molecular complexity index is 682. The van der Waals surface area contributed by atoms with Crippen LogP contribution in [0.1, 0.15) is 32.3 Å². The maximum atomic E-state index is 12.6. The van der Waals surface area contributed by atoms with E-state index in [4.69, 9.17) is 0 Å². The zero-order valence-corrected chi connectivity index (χ0v) is 17.5. The van der Waals surface area contributed by atoms with Crippen molar-refractivity contribution in [3.63, 3.8) is 0 Å². The Kier molecular flexibility index (Phi) is 8.26. The van der Waals surface area contributed by atoms with E-state index in [0.29, 0.717) is 32.5 Å². The molecule has 0 bridgehead atoms. The van der Waals surface area contributed by atoms with Crippen molar-refractivity contribution in [2.75, 3.05) is 39.0 Å². The number of benzene rings is 1. The fourth-order valence-corrected chi connectivity index (χ4v) is 4.64. The van der Waals surface area contributed by atoms with Crippen LogP contribution in [0, 0.1) is 5.92 Å². The second-order valence-corrected chi connectivity index (χ2v) is 9.23. The summed E-state index contributed by atoms with van der Waals surface area (Å²) in [6.07, 6.45) is 3.31. The van der Waals surface area contributed by atoms with Crippen molar-refractivity contribution in [3.8, 4) is 0 Å². The van der Waals surface area contributed by atoms with E-state index in [1.54, 1.807) is 0 Å². The first kappa shape index (κ1) is 21.9. The van der Waals surface area contributed by atoms with Gasteiger partial charge in [-0.15, -0.1) is 0 Å². The van der Waals surface area contributed by atoms with Gasteiger partial charge in [0.15, 0.2) is 0 Å². The maximum Gasteiger partial charge on any atom is 0.223 e. The highest BCUT2D eigenvalue weighted by atomic mass is 32.2. The molecule has 152 valence electrons. The number of hydrogen-bond acceptors (Lipinski definition) is 4. The van der Waals surface area contributed by atoms with Crippen LogP contribution in [-0.2, 0) is 21.2 Å². The molecule has 0 aliphatic carbocycles. The number of piperidine rings is 1. The van der Waals surface area contributed by atoms with Crippen LogP contribution in [0.5, 0.6) is 0 Å². The van der Waals surface area contributed by atoms with Crippen LogP contribution in [0.3, 0.4) is 0 Å². The number of hydrogen-bond donors (Lipinski definition) is 1. The number of rotatable bonds is 9. The standard InChI is InChI=1S/C20H33N3O3S/c1-4-22(5-2)19(15-17-9-7-6-8-10-17)16-21-20(24)18-11-13-23(14-12-18)27(3,25)26/h6-10,18-19H,4-5,11-16H2,1-3H3,(H,21,24). The van der Waals surface area contributed by atoms with E-state index in [0.717, 1.165) is 19.5 Å². The monoisotopic (exact) mass is 395 g/mol. The lowest BCUT2D eigenvalue weighted by atomic mass is 9.97. The zero-order chi connectivity index (χ0) is 19.9. The molecule has 7 heteroatoms. The Morgan fingerprint density at radius 2 is 1.78 bits per heavy atom. The Labute approximate surface area is 164 Å². The van der Waals surface area contributed by atoms with Gasteiger partial charge in [0.25, 0.3) is 0 Å². The highest BCUT2D eigenvalue weighted by Crippen LogP contribution is 2.19. The number of carbonyl (C=O) groups excluding carboxylic acids is 1. The maximum absolute atomic E-state index is 12.6. The molecule has 1 amide bonds. The smallest absolute Gasteiger partial charge is 0.223 e. The first-order chi connectivity index (χ1) is 12.8. The van der Waals surface area contributed by atoms with Crippen LogP contribution >= 0.6 is 0 Å². The van der Waals surface area contributed by atoms with Gasteiger partial charge in [-0.25, -0.2) is 12.7 Å². The second kappa shape index (κ2) is 10.2. The number of sulfonamides is 1. The molecule has 2 rings (SSSR count). The SMILES string of the molecule is CCN(CC)C(CNC(=O)C1CCN(S(C)(=O)=O)CC1)Cc1ccccc1. The van der Waals surface area contributed by atoms with Crippen molar-refractivity contribution in [2.24, 2.45) is 5.92 Å². The highest BCUT2D eigenvalue weighted by Gasteiger charge is 2.29. The van der Waals surface area contributed by atoms with Gasteiger partial charge >= 0.3 is 0 Å². The van der Waals surface area contributed by atoms with E-state index in [2.05, 4.69) is 36.2 Å². The third-order valence-corrected chi connectivity index (χ3v) is 6.75. The third kappa shape index (κ3) is 6.59. The molecule has 1 fully saturated rings. The Morgan fingerprint density at radius 3 is 2.30 bits per heavy atom. The molecule has 1 heterocycles. The minimum Gasteiger partial charge on any atom is -0.354 e. The van der Waals surface area contributed by atoms with Crippen molar-refractivity contribution in [1.29, 1.82) is 0 Å². The van der Waals surface area contributed by atoms with Crippen molar-refractivity contribution < 1.29 is 13.2 Å². The molecule has 0 aromatic heterocycles. The molecule has 0 radical (unpaired) electrons. The first-order valence-corrected chi connectivity index (χ1v) is 11.7. The van der Waals surface area contributed by atoms with E-state index in [-0.39, 0.29) is 17.9 Å². The van der Waals surface area contributed by atoms with Gasteiger partial charge < -0.3 is 5.32 Å². The summed E-state index contributed by atoms with van der Waals surface area (Å²) in [5.41, 5.74) is 1.27. The van der Waals surface area contributed by atoms with Crippen molar-refractivity contribution in [3.05, 3.63) is 35.9 Å². The van der Waals surface area contributed by atoms with Crippen molar-refractivity contribution in [1.82, 2.24) is 14.5 Å². The lowest BCUT2D eigenvalue weighted by Gasteiger charge is -2.32. The molecule has 1 aliphatic rings. The molecular weight excluding hydrogens is 362 g/mol. The predicted molar refractivity (Wildman–Crippen MR) is 109 cm³/mol. The van der Waals surface area contributed by atoms with Gasteiger partial charge in [0.1, 0.15) is 0 Å². The third-order valence-electron chi connectivity index (χ3n) is 5.45. The summed E-state index contributed by atoms with van der Waals surface area (Å²) in [7, 11) is -3.16. The largest absolute Gasteiger partial charge is 0.354 e. The number of nitrogens with one attached hydrogen (secondary N) is 1. The van der Waals surface area contributed by atoms with Crippen molar-refractivity contribution >= 4 is 15.9 Å². The molecule has 1 atom stereocenters. The normalized spacial score (nSPS) is 17.8. The molecule has 1 N–H and O–H groups in total. The average molecular weight is 396 g/mol. The minimum absolute atomic E-state index is 0.0494. The molecule has 1 aromatic carbocycles. The van der Waals surface area contributed by atoms with E-state index in [9.17, 15) is 13.2 Å². The van der Waals surface area contributed by atoms with Gasteiger partial charge in [0.2, 0.25) is 15.9 Å². The molecule has 1 saturated heterocycles. The molecule has 27 heavy (non-hydrogen) atoms. The lowest BCUT2D eigenvalue weighted by molar-refractivity contribution is -0.126. The van der Waals surface area contributed by atoms with Gasteiger partial charge in [0, 0.05) is 31.6 Å². The molecule has 0 saturated carbocycles. The number of carbonyl (C=O) groups is 1. The average Bonchev–Trinajstić information content (AvgIpc) is 2.67. The van der Waals surface area contributed by atoms with Crippen LogP contribution in [-0.4, -0.2) is 68.6 Å². The van der Waals surface area contributed by atoms with Gasteiger partial charge in [0.05, 0.1) is 6.26 Å². The van der Waals surface area contributed by atoms with Gasteiger partial charge in [-0.3, -0.25) is 9.69 Å². The van der Waals surface area contributed by atoms with E-state index in [1.807, 2.05) is 18.2 Å². The van der Waals surface area contributed by atoms with Crippen LogP contribution in [0.4, 0.5) is 0 Å². The fraction of sp³-hybridized carbons (Fsp3) is 0.650. The summed E-state index contributed by atoms with van der Waals surface area (Å²) in [4.78, 5) is 15.0. The topological polar surface area (TPSA) is 69.7 Å². The zero-order valence-electron chi connectivity index (χ0n) is 16.7. The van der Waals surface area contributed by atoms with Gasteiger partial charge in [-0.05, 0) is 37.9 Å². The Hall–Kier alpha value is -1.44. The summed E-state index contributed by atoms with van der Waals surface area (Å²) in [6, 6.07) is 10.6. The summed E-state index contributed by atoms with van der Waals surface area (Å²) >= 11 is 0. The summed E-state index contributed by atoms with van der Waals surface area (Å²) in [6.45, 7) is 7.64. The fourth-order valence-electron chi connectivity index (χ4n) is 3.77. The number of nitrogens with zero attached hydrogens (tertiary/aromatic N) is 2. The molecule has 6 nitrogen and oxygen atoms in total. The Morgan fingerprint density at radius 1 is 1.19 bits per heavy atom. The lowest BCUT2D eigenvalue weighted by Crippen LogP contribution is -2.48. The van der Waals surface area contributed by atoms with E-state index < -0.39 is 10.0 Å². The quantitative estimate of drug-likeness (QED) is 0.691. The number of likely N-dealkylation sites (N-methyl/N-ethyl adjacent to an activating group) is 1. The molecule has 0 spiro atoms. The van der Waals surface area contributed by atoms with Crippen LogP contribution in [0.2, 0.25) is 0 Å². The van der Waals surface area contributed by atoms with Crippen LogP contribution in [0.25, 0.3) is 0 Å². The first-order valence-electron chi connectivity index (χ1n) is 9.86. The highest BCUT2D eigenvalue weighted by molar-refractivity contribution is 7.88. The second-order valence-electron chi connectivity index (χ2n) is 7.25. The molecule has 1 unspecified atom stereocenters. The Balaban J connectivity index is 1.91. The van der Waals surface area contributed by atoms with E-state index >= 15 is 0 Å². The van der Waals surface area contributed by atoms with Crippen LogP contribution in [0.15, 0.2) is 30.3 Å². The van der Waals surface area contributed by atoms with Gasteiger partial charge in [-0.2, -0.15) is 0 Å². The molecule has 1 aromatic rings. The van der Waals surface area contributed by atoms with Gasteiger partial charge in [-0.1, -0.05) is 44.2 Å². The van der Waals surface area contributed by atoms with Crippen LogP contribution < -0.4 is 5.32 Å².